The number of halogens is 1. The number of carbonyl (C=O) groups excluding carboxylic acids is 1. The van der Waals surface area contributed by atoms with E-state index in [2.05, 4.69) is 16.8 Å². The molecule has 2 rings (SSSR count). The lowest BCUT2D eigenvalue weighted by Crippen LogP contribution is -2.53. The minimum Gasteiger partial charge on any atom is -0.340 e. The molecule has 1 amide bonds. The summed E-state index contributed by atoms with van der Waals surface area (Å²) in [5, 5.41) is 0. The number of likely N-dealkylation sites (tertiary alicyclic amines) is 1. The molecule has 0 aromatic heterocycles. The molecule has 2 fully saturated rings. The molecule has 5 nitrogen and oxygen atoms in total. The van der Waals surface area contributed by atoms with Crippen LogP contribution in [0.3, 0.4) is 0 Å². The third kappa shape index (κ3) is 5.74. The molecule has 2 saturated heterocycles. The van der Waals surface area contributed by atoms with Gasteiger partial charge in [-0.2, -0.15) is 0 Å². The monoisotopic (exact) mass is 318 g/mol. The van der Waals surface area contributed by atoms with Crippen LogP contribution < -0.4 is 5.73 Å². The van der Waals surface area contributed by atoms with Gasteiger partial charge in [-0.15, -0.1) is 12.4 Å². The van der Waals surface area contributed by atoms with Gasteiger partial charge in [0.15, 0.2) is 0 Å². The summed E-state index contributed by atoms with van der Waals surface area (Å²) in [6.07, 6.45) is 4.50. The summed E-state index contributed by atoms with van der Waals surface area (Å²) in [5.41, 5.74) is 5.70. The molecular formula is C15H31ClN4O. The molecule has 0 spiro atoms. The van der Waals surface area contributed by atoms with E-state index in [-0.39, 0.29) is 24.4 Å². The zero-order valence-corrected chi connectivity index (χ0v) is 14.3. The third-order valence-electron chi connectivity index (χ3n) is 4.61. The number of likely N-dealkylation sites (N-methyl/N-ethyl adjacent to an activating group) is 1. The Morgan fingerprint density at radius 2 is 1.86 bits per heavy atom. The van der Waals surface area contributed by atoms with Crippen LogP contribution in [0.15, 0.2) is 0 Å². The van der Waals surface area contributed by atoms with Gasteiger partial charge in [-0.1, -0.05) is 6.42 Å². The van der Waals surface area contributed by atoms with E-state index in [1.54, 1.807) is 0 Å². The van der Waals surface area contributed by atoms with Crippen LogP contribution in [0.4, 0.5) is 0 Å². The molecule has 21 heavy (non-hydrogen) atoms. The minimum absolute atomic E-state index is 0. The molecule has 2 aliphatic heterocycles. The number of carbonyl (C=O) groups is 1. The molecule has 2 N–H and O–H groups in total. The fraction of sp³-hybridized carbons (Fsp3) is 0.933. The van der Waals surface area contributed by atoms with Gasteiger partial charge in [0.1, 0.15) is 0 Å². The van der Waals surface area contributed by atoms with Crippen molar-refractivity contribution in [3.8, 4) is 0 Å². The molecular weight excluding hydrogens is 288 g/mol. The molecule has 0 bridgehead atoms. The topological polar surface area (TPSA) is 52.8 Å². The highest BCUT2D eigenvalue weighted by molar-refractivity contribution is 5.85. The van der Waals surface area contributed by atoms with Crippen molar-refractivity contribution in [1.29, 1.82) is 0 Å². The Bertz CT molecular complexity index is 319. The van der Waals surface area contributed by atoms with Crippen molar-refractivity contribution < 1.29 is 4.79 Å². The maximum Gasteiger partial charge on any atom is 0.224 e. The van der Waals surface area contributed by atoms with Gasteiger partial charge in [0.05, 0.1) is 0 Å². The highest BCUT2D eigenvalue weighted by atomic mass is 35.5. The molecule has 0 radical (unpaired) electrons. The first kappa shape index (κ1) is 18.7. The van der Waals surface area contributed by atoms with Crippen LogP contribution in [0.1, 0.15) is 32.6 Å². The lowest BCUT2D eigenvalue weighted by molar-refractivity contribution is -0.133. The quantitative estimate of drug-likeness (QED) is 0.832. The van der Waals surface area contributed by atoms with Crippen LogP contribution in [0.2, 0.25) is 0 Å². The molecule has 0 saturated carbocycles. The Morgan fingerprint density at radius 3 is 2.43 bits per heavy atom. The molecule has 0 aromatic rings. The molecule has 6 heteroatoms. The van der Waals surface area contributed by atoms with Crippen molar-refractivity contribution in [1.82, 2.24) is 14.7 Å². The first-order chi connectivity index (χ1) is 9.56. The number of amides is 1. The van der Waals surface area contributed by atoms with Gasteiger partial charge < -0.3 is 15.5 Å². The Kier molecular flexibility index (Phi) is 7.95. The molecule has 0 aromatic carbocycles. The second-order valence-corrected chi connectivity index (χ2v) is 6.49. The van der Waals surface area contributed by atoms with Gasteiger partial charge in [-0.05, 0) is 33.4 Å². The zero-order chi connectivity index (χ0) is 14.5. The van der Waals surface area contributed by atoms with E-state index in [9.17, 15) is 4.79 Å². The summed E-state index contributed by atoms with van der Waals surface area (Å²) in [4.78, 5) is 19.0. The van der Waals surface area contributed by atoms with E-state index in [1.807, 2.05) is 11.8 Å². The Hall–Kier alpha value is -0.360. The molecule has 0 aliphatic carbocycles. The van der Waals surface area contributed by atoms with Crippen molar-refractivity contribution in [2.24, 2.45) is 5.73 Å². The number of rotatable bonds is 4. The lowest BCUT2D eigenvalue weighted by Gasteiger charge is -2.40. The van der Waals surface area contributed by atoms with Crippen LogP contribution in [-0.2, 0) is 4.79 Å². The molecule has 2 unspecified atom stereocenters. The number of hydrogen-bond acceptors (Lipinski definition) is 4. The zero-order valence-electron chi connectivity index (χ0n) is 13.5. The number of piperidine rings is 1. The second-order valence-electron chi connectivity index (χ2n) is 6.49. The van der Waals surface area contributed by atoms with Crippen molar-refractivity contribution >= 4 is 18.3 Å². The number of hydrogen-bond donors (Lipinski definition) is 1. The van der Waals surface area contributed by atoms with Crippen LogP contribution in [-0.4, -0.2) is 79.0 Å². The van der Waals surface area contributed by atoms with Crippen LogP contribution in [0.25, 0.3) is 0 Å². The van der Waals surface area contributed by atoms with Crippen LogP contribution in [0, 0.1) is 0 Å². The summed E-state index contributed by atoms with van der Waals surface area (Å²) in [7, 11) is 2.24. The predicted molar refractivity (Wildman–Crippen MR) is 88.8 cm³/mol. The SMILES string of the molecule is CC(N)CC(=O)N1CCN(CC2CCCCN2C)CC1.Cl. The van der Waals surface area contributed by atoms with E-state index >= 15 is 0 Å². The summed E-state index contributed by atoms with van der Waals surface area (Å²) in [6, 6.07) is 0.673. The Balaban J connectivity index is 0.00000220. The fourth-order valence-electron chi connectivity index (χ4n) is 3.26. The second kappa shape index (κ2) is 8.93. The Morgan fingerprint density at radius 1 is 1.19 bits per heavy atom. The molecule has 124 valence electrons. The van der Waals surface area contributed by atoms with Crippen molar-refractivity contribution in [2.45, 2.75) is 44.7 Å². The number of nitrogens with two attached hydrogens (primary N) is 1. The van der Waals surface area contributed by atoms with Crippen molar-refractivity contribution in [3.05, 3.63) is 0 Å². The van der Waals surface area contributed by atoms with Gasteiger partial charge in [0.25, 0.3) is 0 Å². The minimum atomic E-state index is -0.0311. The fourth-order valence-corrected chi connectivity index (χ4v) is 3.26. The van der Waals surface area contributed by atoms with E-state index in [1.165, 1.54) is 25.8 Å². The van der Waals surface area contributed by atoms with Gasteiger partial charge in [-0.3, -0.25) is 9.69 Å². The van der Waals surface area contributed by atoms with E-state index < -0.39 is 0 Å². The summed E-state index contributed by atoms with van der Waals surface area (Å²) < 4.78 is 0. The number of piperazine rings is 1. The van der Waals surface area contributed by atoms with Gasteiger partial charge in [0.2, 0.25) is 5.91 Å². The van der Waals surface area contributed by atoms with Crippen LogP contribution >= 0.6 is 12.4 Å². The third-order valence-corrected chi connectivity index (χ3v) is 4.61. The van der Waals surface area contributed by atoms with E-state index in [4.69, 9.17) is 5.73 Å². The van der Waals surface area contributed by atoms with Gasteiger partial charge in [0, 0.05) is 51.2 Å². The Labute approximate surface area is 135 Å². The largest absolute Gasteiger partial charge is 0.340 e. The standard InChI is InChI=1S/C15H30N4O.ClH/c1-13(16)11-15(20)19-9-7-18(8-10-19)12-14-5-3-4-6-17(14)2;/h13-14H,3-12,16H2,1-2H3;1H. The summed E-state index contributed by atoms with van der Waals surface area (Å²) in [6.45, 7) is 8.03. The highest BCUT2D eigenvalue weighted by Gasteiger charge is 2.25. The maximum absolute atomic E-state index is 12.0. The van der Waals surface area contributed by atoms with E-state index in [0.717, 1.165) is 32.7 Å². The lowest BCUT2D eigenvalue weighted by atomic mass is 10.0. The molecule has 2 atom stereocenters. The van der Waals surface area contributed by atoms with Gasteiger partial charge >= 0.3 is 0 Å². The maximum atomic E-state index is 12.0. The smallest absolute Gasteiger partial charge is 0.224 e. The highest BCUT2D eigenvalue weighted by Crippen LogP contribution is 2.17. The average Bonchev–Trinajstić information content (AvgIpc) is 2.41. The van der Waals surface area contributed by atoms with E-state index in [0.29, 0.717) is 12.5 Å². The van der Waals surface area contributed by atoms with Crippen LogP contribution in [0.5, 0.6) is 0 Å². The van der Waals surface area contributed by atoms with Crippen molar-refractivity contribution in [3.63, 3.8) is 0 Å². The predicted octanol–water partition coefficient (Wildman–Crippen LogP) is 0.774. The normalized spacial score (nSPS) is 26.2. The number of nitrogens with zero attached hydrogens (tertiary/aromatic N) is 3. The first-order valence-electron chi connectivity index (χ1n) is 8.02. The molecule has 2 heterocycles. The first-order valence-corrected chi connectivity index (χ1v) is 8.02. The van der Waals surface area contributed by atoms with Crippen molar-refractivity contribution in [2.75, 3.05) is 46.3 Å². The summed E-state index contributed by atoms with van der Waals surface area (Å²) >= 11 is 0. The summed E-state index contributed by atoms with van der Waals surface area (Å²) in [5.74, 6) is 0.217. The average molecular weight is 319 g/mol. The molecule has 2 aliphatic rings. The van der Waals surface area contributed by atoms with Gasteiger partial charge in [-0.25, -0.2) is 0 Å².